The first-order valence-corrected chi connectivity index (χ1v) is 21.6. The highest BCUT2D eigenvalue weighted by atomic mass is 19.2. The molecule has 0 aliphatic carbocycles. The fourth-order valence-corrected chi connectivity index (χ4v) is 9.00. The van der Waals surface area contributed by atoms with Gasteiger partial charge in [0.1, 0.15) is 12.3 Å². The van der Waals surface area contributed by atoms with Gasteiger partial charge in [0.15, 0.2) is 0 Å². The zero-order chi connectivity index (χ0) is 44.1. The molecule has 6 heteroatoms. The van der Waals surface area contributed by atoms with Crippen LogP contribution in [0.2, 0.25) is 0 Å². The number of hydrogen-bond acceptors (Lipinski definition) is 0. The maximum atomic E-state index is 11.8. The van der Waals surface area contributed by atoms with Crippen molar-refractivity contribution in [3.05, 3.63) is 304 Å². The molecule has 0 N–H and O–H groups in total. The van der Waals surface area contributed by atoms with E-state index in [0.717, 1.165) is 0 Å². The number of aromatic nitrogens is 2. The molecule has 0 unspecified atom stereocenters. The van der Waals surface area contributed by atoms with Crippen molar-refractivity contribution in [3.8, 4) is 0 Å². The Kier molecular flexibility index (Phi) is 15.7. The zero-order valence-electron chi connectivity index (χ0n) is 35.7. The first kappa shape index (κ1) is 44.1. The Hall–Kier alpha value is -7.95. The van der Waals surface area contributed by atoms with Gasteiger partial charge in [0.05, 0.1) is 8.96 Å². The van der Waals surface area contributed by atoms with Gasteiger partial charge in [-0.05, 0) is 0 Å². The predicted octanol–water partition coefficient (Wildman–Crippen LogP) is 7.54. The fourth-order valence-electron chi connectivity index (χ4n) is 9.00. The molecule has 0 fully saturated rings. The van der Waals surface area contributed by atoms with E-state index >= 15 is 0 Å². The molecule has 0 saturated carbocycles. The van der Waals surface area contributed by atoms with Crippen LogP contribution in [0.1, 0.15) is 0 Å². The smallest absolute Gasteiger partial charge is 0.195 e. The van der Waals surface area contributed by atoms with Crippen LogP contribution < -0.4 is 53.3 Å². The Morgan fingerprint density at radius 1 is 0.188 bits per heavy atom. The molecule has 2 aromatic heterocycles. The van der Waals surface area contributed by atoms with Crippen LogP contribution in [0, 0.1) is 0 Å². The summed E-state index contributed by atoms with van der Waals surface area (Å²) < 4.78 is 23.6. The monoisotopic (exact) mass is 834 g/mol. The van der Waals surface area contributed by atoms with Crippen molar-refractivity contribution < 1.29 is 18.5 Å². The van der Waals surface area contributed by atoms with E-state index in [-0.39, 0.29) is 0 Å². The minimum absolute atomic E-state index is 0.500. The molecule has 0 atom stereocenters. The normalized spacial score (nSPS) is 10.7. The Bertz CT molecular complexity index is 2270. The van der Waals surface area contributed by atoms with Crippen molar-refractivity contribution in [2.45, 2.75) is 0 Å². The Morgan fingerprint density at radius 2 is 0.312 bits per heavy atom. The molecule has 10 rings (SSSR count). The topological polar surface area (TPSA) is 7.76 Å². The van der Waals surface area contributed by atoms with E-state index in [4.69, 9.17) is 0 Å². The summed E-state index contributed by atoms with van der Waals surface area (Å²) in [5.74, 6) is 0. The van der Waals surface area contributed by atoms with Crippen LogP contribution in [0.4, 0.5) is 8.96 Å². The molecular weight excluding hydrogens is 784 g/mol. The van der Waals surface area contributed by atoms with Crippen LogP contribution in [0.25, 0.3) is 0 Å². The van der Waals surface area contributed by atoms with Gasteiger partial charge in [-0.3, -0.25) is 0 Å². The van der Waals surface area contributed by atoms with Crippen molar-refractivity contribution in [1.82, 2.24) is 0 Å². The molecule has 2 heterocycles. The standard InChI is InChI=1S/2C24H20B.2C5H5FN/c2*1-5-13-21(14-6-1)25(22-15-7-2-8-16-22,23-17-9-3-10-18-23)24-19-11-4-12-20-24;2*6-7-4-2-1-3-5-7/h2*1-20H;2*1-5H/q2*-1;2*+1. The molecule has 0 radical (unpaired) electrons. The van der Waals surface area contributed by atoms with E-state index in [1.165, 1.54) is 68.5 Å². The van der Waals surface area contributed by atoms with E-state index in [1.807, 2.05) is 0 Å². The van der Waals surface area contributed by atoms with Crippen molar-refractivity contribution >= 4 is 56.0 Å². The lowest BCUT2D eigenvalue weighted by molar-refractivity contribution is -0.843. The molecule has 0 spiro atoms. The van der Waals surface area contributed by atoms with Gasteiger partial charge in [-0.25, -0.2) is 0 Å². The highest BCUT2D eigenvalue weighted by molar-refractivity contribution is 7.20. The summed E-state index contributed by atoms with van der Waals surface area (Å²) in [5, 5.41) is 0. The average Bonchev–Trinajstić information content (AvgIpc) is 3.38. The van der Waals surface area contributed by atoms with Crippen molar-refractivity contribution in [3.63, 3.8) is 0 Å². The molecule has 2 nitrogen and oxygen atoms in total. The molecule has 0 aliphatic heterocycles. The number of hydrogen-bond donors (Lipinski definition) is 0. The van der Waals surface area contributed by atoms with Crippen LogP contribution in [0.3, 0.4) is 0 Å². The zero-order valence-corrected chi connectivity index (χ0v) is 35.7. The van der Waals surface area contributed by atoms with Gasteiger partial charge in [0, 0.05) is 33.8 Å². The number of pyridine rings is 2. The van der Waals surface area contributed by atoms with E-state index in [0.29, 0.717) is 9.58 Å². The van der Waals surface area contributed by atoms with Crippen LogP contribution in [0.5, 0.6) is 0 Å². The molecule has 0 aliphatic rings. The third kappa shape index (κ3) is 10.6. The van der Waals surface area contributed by atoms with E-state index < -0.39 is 12.3 Å². The lowest BCUT2D eigenvalue weighted by atomic mass is 9.13. The Morgan fingerprint density at radius 3 is 0.422 bits per heavy atom. The van der Waals surface area contributed by atoms with Crippen LogP contribution in [0.15, 0.2) is 304 Å². The summed E-state index contributed by atoms with van der Waals surface area (Å²) in [6, 6.07) is 97.1. The molecule has 8 aromatic carbocycles. The van der Waals surface area contributed by atoms with E-state index in [2.05, 4.69) is 243 Å². The number of nitrogens with zero attached hydrogens (tertiary/aromatic N) is 2. The van der Waals surface area contributed by atoms with Crippen molar-refractivity contribution in [1.29, 1.82) is 0 Å². The third-order valence-corrected chi connectivity index (χ3v) is 11.8. The van der Waals surface area contributed by atoms with Gasteiger partial charge in [0.25, 0.3) is 0 Å². The second-order valence-electron chi connectivity index (χ2n) is 15.5. The Labute approximate surface area is 376 Å². The molecule has 10 aromatic rings. The van der Waals surface area contributed by atoms with Gasteiger partial charge in [-0.1, -0.05) is 255 Å². The van der Waals surface area contributed by atoms with Crippen LogP contribution in [-0.2, 0) is 0 Å². The van der Waals surface area contributed by atoms with E-state index in [1.54, 1.807) is 36.4 Å². The van der Waals surface area contributed by atoms with Crippen LogP contribution >= 0.6 is 0 Å². The maximum Gasteiger partial charge on any atom is 0.218 e. The van der Waals surface area contributed by atoms with Gasteiger partial charge in [-0.15, -0.1) is 0 Å². The SMILES string of the molecule is F[n+]1ccccc1.F[n+]1ccccc1.c1ccc([B-](c2ccccc2)(c2ccccc2)c2ccccc2)cc1.c1ccc([B-](c2ccccc2)(c2ccccc2)c2ccccc2)cc1. The predicted molar refractivity (Wildman–Crippen MR) is 266 cm³/mol. The quantitative estimate of drug-likeness (QED) is 0.140. The lowest BCUT2D eigenvalue weighted by Crippen LogP contribution is -2.74. The number of benzene rings is 8. The summed E-state index contributed by atoms with van der Waals surface area (Å²) in [4.78, 5) is 1.00. The summed E-state index contributed by atoms with van der Waals surface area (Å²) in [5.41, 5.74) is 10.7. The largest absolute Gasteiger partial charge is 0.218 e. The summed E-state index contributed by atoms with van der Waals surface area (Å²) in [6.45, 7) is 0. The first-order valence-electron chi connectivity index (χ1n) is 21.6. The molecule has 64 heavy (non-hydrogen) atoms. The van der Waals surface area contributed by atoms with Crippen LogP contribution in [-0.4, -0.2) is 12.3 Å². The highest BCUT2D eigenvalue weighted by Gasteiger charge is 2.32. The molecule has 0 saturated heterocycles. The first-order chi connectivity index (χ1) is 31.6. The summed E-state index contributed by atoms with van der Waals surface area (Å²) >= 11 is 0. The van der Waals surface area contributed by atoms with Gasteiger partial charge in [0.2, 0.25) is 24.8 Å². The molecular formula is C58H50B2F2N2. The maximum absolute atomic E-state index is 11.8. The lowest BCUT2D eigenvalue weighted by Gasteiger charge is -2.44. The summed E-state index contributed by atoms with van der Waals surface area (Å²) in [6.07, 6.45) is 2.90. The average molecular weight is 835 g/mol. The van der Waals surface area contributed by atoms with E-state index in [9.17, 15) is 8.96 Å². The second kappa shape index (κ2) is 22.8. The molecule has 312 valence electrons. The summed E-state index contributed by atoms with van der Waals surface area (Å²) in [7, 11) is 0. The fraction of sp³-hybridized carbons (Fsp3) is 0. The van der Waals surface area contributed by atoms with Gasteiger partial charge < -0.3 is 0 Å². The number of halogens is 2. The minimum Gasteiger partial charge on any atom is -0.195 e. The van der Waals surface area contributed by atoms with Gasteiger partial charge in [-0.2, -0.15) is 43.7 Å². The third-order valence-electron chi connectivity index (χ3n) is 11.8. The van der Waals surface area contributed by atoms with Gasteiger partial charge >= 0.3 is 0 Å². The molecule has 0 bridgehead atoms. The van der Waals surface area contributed by atoms with Crippen molar-refractivity contribution in [2.75, 3.05) is 0 Å². The molecule has 0 amide bonds. The second-order valence-corrected chi connectivity index (χ2v) is 15.5. The minimum atomic E-state index is -1.22. The highest BCUT2D eigenvalue weighted by Crippen LogP contribution is 2.11. The number of rotatable bonds is 8. The Balaban J connectivity index is 0.000000147. The van der Waals surface area contributed by atoms with Crippen molar-refractivity contribution in [2.24, 2.45) is 0 Å².